The summed E-state index contributed by atoms with van der Waals surface area (Å²) in [4.78, 5) is 24.4. The van der Waals surface area contributed by atoms with Gasteiger partial charge >= 0.3 is 11.9 Å². The Labute approximate surface area is 145 Å². The lowest BCUT2D eigenvalue weighted by molar-refractivity contribution is -0.148. The number of unbranched alkanes of at least 4 members (excludes halogenated alkanes) is 2. The second-order valence-corrected chi connectivity index (χ2v) is 9.14. The molecule has 1 unspecified atom stereocenters. The molecule has 0 aliphatic rings. The van der Waals surface area contributed by atoms with Gasteiger partial charge in [0, 0.05) is 12.3 Å². The van der Waals surface area contributed by atoms with Crippen molar-refractivity contribution in [3.8, 4) is 0 Å². The van der Waals surface area contributed by atoms with Gasteiger partial charge in [0.1, 0.15) is 26.0 Å². The summed E-state index contributed by atoms with van der Waals surface area (Å²) >= 11 is 0. The predicted octanol–water partition coefficient (Wildman–Crippen LogP) is 4.17. The number of ether oxygens (including phenoxy) is 2. The monoisotopic (exact) mass is 358 g/mol. The molecule has 0 saturated carbocycles. The summed E-state index contributed by atoms with van der Waals surface area (Å²) in [5.74, 6) is -1.15. The van der Waals surface area contributed by atoms with Crippen molar-refractivity contribution in [3.63, 3.8) is 0 Å². The second kappa shape index (κ2) is 13.0. The summed E-state index contributed by atoms with van der Waals surface area (Å²) in [5, 5.41) is 0. The number of hydrogen-bond donors (Lipinski definition) is 0. The zero-order chi connectivity index (χ0) is 18.4. The highest BCUT2D eigenvalue weighted by Gasteiger charge is 2.40. The average Bonchev–Trinajstić information content (AvgIpc) is 2.58. The number of esters is 2. The predicted molar refractivity (Wildman–Crippen MR) is 97.9 cm³/mol. The first-order valence-electron chi connectivity index (χ1n) is 8.56. The van der Waals surface area contributed by atoms with Crippen LogP contribution in [0.4, 0.5) is 0 Å². The maximum Gasteiger partial charge on any atom is 0.317 e. The second-order valence-electron chi connectivity index (χ2n) is 5.72. The summed E-state index contributed by atoms with van der Waals surface area (Å²) in [6, 6.07) is 0. The first kappa shape index (κ1) is 22.6. The van der Waals surface area contributed by atoms with E-state index in [1.54, 1.807) is 0 Å². The van der Waals surface area contributed by atoms with Crippen molar-refractivity contribution in [2.24, 2.45) is 0 Å². The molecule has 0 radical (unpaired) electrons. The fraction of sp³-hybridized carbons (Fsp3) is 0.667. The first-order chi connectivity index (χ1) is 11.4. The minimum Gasteiger partial charge on any atom is -0.461 e. The van der Waals surface area contributed by atoms with Gasteiger partial charge in [0.15, 0.2) is 0 Å². The molecule has 0 fully saturated rings. The van der Waals surface area contributed by atoms with E-state index in [-0.39, 0.29) is 19.6 Å². The van der Waals surface area contributed by atoms with Gasteiger partial charge in [0.2, 0.25) is 0 Å². The summed E-state index contributed by atoms with van der Waals surface area (Å²) in [6.07, 6.45) is 6.87. The molecule has 0 aliphatic carbocycles. The van der Waals surface area contributed by atoms with Crippen LogP contribution in [-0.2, 0) is 23.6 Å². The number of carbonyl (C=O) groups is 2. The van der Waals surface area contributed by atoms with Gasteiger partial charge in [-0.1, -0.05) is 52.0 Å². The van der Waals surface area contributed by atoms with Crippen LogP contribution in [-0.4, -0.2) is 43.1 Å². The third kappa shape index (κ3) is 8.49. The summed E-state index contributed by atoms with van der Waals surface area (Å²) in [7, 11) is -2.88. The molecular formula is C18H31O5P. The van der Waals surface area contributed by atoms with E-state index >= 15 is 0 Å². The molecule has 0 N–H and O–H groups in total. The van der Waals surface area contributed by atoms with Crippen LogP contribution in [0.3, 0.4) is 0 Å². The minimum atomic E-state index is -2.88. The summed E-state index contributed by atoms with van der Waals surface area (Å²) < 4.78 is 23.6. The van der Waals surface area contributed by atoms with Crippen LogP contribution in [0.25, 0.3) is 0 Å². The molecule has 0 bridgehead atoms. The van der Waals surface area contributed by atoms with Gasteiger partial charge in [-0.15, -0.1) is 0 Å². The van der Waals surface area contributed by atoms with Gasteiger partial charge in [-0.05, 0) is 12.8 Å². The van der Waals surface area contributed by atoms with E-state index < -0.39 is 24.7 Å². The van der Waals surface area contributed by atoms with Crippen molar-refractivity contribution in [1.82, 2.24) is 0 Å². The van der Waals surface area contributed by atoms with E-state index in [1.165, 1.54) is 12.2 Å². The highest BCUT2D eigenvalue weighted by Crippen LogP contribution is 2.54. The van der Waals surface area contributed by atoms with Crippen LogP contribution in [0.5, 0.6) is 0 Å². The fourth-order valence-corrected chi connectivity index (χ4v) is 5.81. The van der Waals surface area contributed by atoms with Crippen molar-refractivity contribution in [2.75, 3.05) is 25.5 Å². The average molecular weight is 358 g/mol. The van der Waals surface area contributed by atoms with Crippen LogP contribution in [0, 0.1) is 0 Å². The number of hydrogen-bond acceptors (Lipinski definition) is 5. The Morgan fingerprint density at radius 3 is 1.96 bits per heavy atom. The number of carbonyl (C=O) groups excluding carboxylic acids is 2. The van der Waals surface area contributed by atoms with Gasteiger partial charge in [0.25, 0.3) is 0 Å². The lowest BCUT2D eigenvalue weighted by Crippen LogP contribution is -2.29. The molecular weight excluding hydrogens is 327 g/mol. The van der Waals surface area contributed by atoms with Crippen LogP contribution >= 0.6 is 7.14 Å². The van der Waals surface area contributed by atoms with Crippen molar-refractivity contribution < 1.29 is 23.6 Å². The van der Waals surface area contributed by atoms with Crippen molar-refractivity contribution in [2.45, 2.75) is 51.6 Å². The molecule has 0 aromatic heterocycles. The molecule has 0 spiro atoms. The molecule has 0 aromatic rings. The van der Waals surface area contributed by atoms with Crippen LogP contribution < -0.4 is 0 Å². The van der Waals surface area contributed by atoms with Crippen LogP contribution in [0.2, 0.25) is 0 Å². The van der Waals surface area contributed by atoms with Gasteiger partial charge in [0.05, 0.1) is 6.42 Å². The minimum absolute atomic E-state index is 0.0403. The lowest BCUT2D eigenvalue weighted by Gasteiger charge is -2.26. The maximum atomic E-state index is 13.5. The van der Waals surface area contributed by atoms with E-state index in [2.05, 4.69) is 13.2 Å². The lowest BCUT2D eigenvalue weighted by atomic mass is 10.3. The standard InChI is InChI=1S/C18H31O5P/c1-5-9-13-24(21,14-10-6-2)16(18(20)23-12-8-4)15-17(19)22-11-7-3/h7-8,16H,3-6,9-15H2,1-2H3. The highest BCUT2D eigenvalue weighted by atomic mass is 31.2. The van der Waals surface area contributed by atoms with Gasteiger partial charge in [-0.25, -0.2) is 0 Å². The molecule has 0 amide bonds. The summed E-state index contributed by atoms with van der Waals surface area (Å²) in [5.41, 5.74) is -0.937. The van der Waals surface area contributed by atoms with Crippen LogP contribution in [0.15, 0.2) is 25.3 Å². The summed E-state index contributed by atoms with van der Waals surface area (Å²) in [6.45, 7) is 11.1. The Morgan fingerprint density at radius 1 is 1.00 bits per heavy atom. The van der Waals surface area contributed by atoms with Crippen LogP contribution in [0.1, 0.15) is 46.0 Å². The molecule has 0 aliphatic heterocycles. The maximum absolute atomic E-state index is 13.5. The zero-order valence-electron chi connectivity index (χ0n) is 15.0. The third-order valence-corrected chi connectivity index (χ3v) is 7.36. The highest BCUT2D eigenvalue weighted by molar-refractivity contribution is 7.65. The first-order valence-corrected chi connectivity index (χ1v) is 10.7. The Kier molecular flexibility index (Phi) is 12.3. The SMILES string of the molecule is C=CCOC(=O)CC(C(=O)OCC=C)P(=O)(CCCC)CCCC. The molecule has 6 heteroatoms. The van der Waals surface area contributed by atoms with Crippen molar-refractivity contribution in [1.29, 1.82) is 0 Å². The van der Waals surface area contributed by atoms with Crippen molar-refractivity contribution in [3.05, 3.63) is 25.3 Å². The molecule has 0 aromatic carbocycles. The smallest absolute Gasteiger partial charge is 0.317 e. The fourth-order valence-electron chi connectivity index (χ4n) is 2.32. The molecule has 5 nitrogen and oxygen atoms in total. The van der Waals surface area contributed by atoms with E-state index in [4.69, 9.17) is 9.47 Å². The molecule has 1 atom stereocenters. The van der Waals surface area contributed by atoms with Crippen molar-refractivity contribution >= 4 is 19.1 Å². The van der Waals surface area contributed by atoms with E-state index in [1.807, 2.05) is 13.8 Å². The third-order valence-electron chi connectivity index (χ3n) is 3.69. The quantitative estimate of drug-likeness (QED) is 0.265. The molecule has 0 heterocycles. The van der Waals surface area contributed by atoms with E-state index in [9.17, 15) is 14.2 Å². The molecule has 138 valence electrons. The Morgan fingerprint density at radius 2 is 1.50 bits per heavy atom. The van der Waals surface area contributed by atoms with Gasteiger partial charge in [-0.2, -0.15) is 0 Å². The Bertz CT molecular complexity index is 446. The topological polar surface area (TPSA) is 69.7 Å². The Hall–Kier alpha value is -1.35. The molecule has 0 rings (SSSR count). The Balaban J connectivity index is 5.34. The largest absolute Gasteiger partial charge is 0.461 e. The van der Waals surface area contributed by atoms with E-state index in [0.717, 1.165) is 25.7 Å². The normalized spacial score (nSPS) is 12.2. The molecule has 0 saturated heterocycles. The zero-order valence-corrected chi connectivity index (χ0v) is 15.9. The van der Waals surface area contributed by atoms with E-state index in [0.29, 0.717) is 12.3 Å². The van der Waals surface area contributed by atoms with Gasteiger partial charge in [-0.3, -0.25) is 9.59 Å². The van der Waals surface area contributed by atoms with Gasteiger partial charge < -0.3 is 14.0 Å². The molecule has 24 heavy (non-hydrogen) atoms. The number of rotatable bonds is 14.